The van der Waals surface area contributed by atoms with E-state index >= 15 is 0 Å². The normalized spacial score (nSPS) is 22.8. The molecule has 2 saturated carbocycles. The largest absolute Gasteiger partial charge is 0.381 e. The van der Waals surface area contributed by atoms with Gasteiger partial charge in [0.25, 0.3) is 0 Å². The minimum absolute atomic E-state index is 0.654. The Morgan fingerprint density at radius 2 is 1.79 bits per heavy atom. The number of rotatable bonds is 2. The van der Waals surface area contributed by atoms with Crippen LogP contribution in [0.5, 0.6) is 0 Å². The van der Waals surface area contributed by atoms with Gasteiger partial charge in [-0.15, -0.1) is 0 Å². The molecule has 0 saturated heterocycles. The molecule has 0 atom stereocenters. The highest BCUT2D eigenvalue weighted by atomic mass is 127. The monoisotopic (exact) mass is 389 g/mol. The molecule has 3 heteroatoms. The van der Waals surface area contributed by atoms with Crippen molar-refractivity contribution < 1.29 is 0 Å². The highest BCUT2D eigenvalue weighted by Gasteiger charge is 2.37. The second-order valence-corrected chi connectivity index (χ2v) is 7.85. The first-order chi connectivity index (χ1) is 9.17. The summed E-state index contributed by atoms with van der Waals surface area (Å²) in [5.74, 6) is 0. The first kappa shape index (κ1) is 14.0. The second-order valence-electron chi connectivity index (χ2n) is 6.25. The van der Waals surface area contributed by atoms with Crippen molar-refractivity contribution in [1.82, 2.24) is 0 Å². The second kappa shape index (κ2) is 5.80. The zero-order valence-corrected chi connectivity index (χ0v) is 14.1. The van der Waals surface area contributed by atoms with Crippen molar-refractivity contribution in [3.05, 3.63) is 26.8 Å². The van der Waals surface area contributed by atoms with Gasteiger partial charge in [-0.2, -0.15) is 0 Å². The molecule has 19 heavy (non-hydrogen) atoms. The van der Waals surface area contributed by atoms with E-state index in [1.807, 2.05) is 12.1 Å². The predicted octanol–water partition coefficient (Wildman–Crippen LogP) is 5.86. The Labute approximate surface area is 134 Å². The molecular formula is C16H21ClIN. The molecule has 0 aliphatic heterocycles. The average molecular weight is 390 g/mol. The van der Waals surface area contributed by atoms with E-state index in [9.17, 15) is 0 Å². The maximum Gasteiger partial charge on any atom is 0.0479 e. The highest BCUT2D eigenvalue weighted by molar-refractivity contribution is 14.1. The van der Waals surface area contributed by atoms with Crippen molar-refractivity contribution in [1.29, 1.82) is 0 Å². The summed E-state index contributed by atoms with van der Waals surface area (Å²) in [7, 11) is 0. The Hall–Kier alpha value is 0.0400. The van der Waals surface area contributed by atoms with Crippen LogP contribution in [0.3, 0.4) is 0 Å². The third-order valence-corrected chi connectivity index (χ3v) is 6.13. The van der Waals surface area contributed by atoms with Crippen LogP contribution in [0.2, 0.25) is 5.02 Å². The molecule has 3 rings (SSSR count). The van der Waals surface area contributed by atoms with Crippen LogP contribution in [0.4, 0.5) is 5.69 Å². The zero-order chi connectivity index (χ0) is 13.3. The molecule has 2 fully saturated rings. The van der Waals surface area contributed by atoms with E-state index in [2.05, 4.69) is 34.0 Å². The molecule has 0 aromatic heterocycles. The molecule has 0 bridgehead atoms. The molecule has 2 aliphatic rings. The number of anilines is 1. The van der Waals surface area contributed by atoms with Gasteiger partial charge in [0, 0.05) is 20.3 Å². The molecule has 1 aromatic rings. The SMILES string of the molecule is Clc1ccc(NC2CCC3(CCCC3)CC2)c(I)c1. The number of nitrogens with one attached hydrogen (secondary N) is 1. The minimum atomic E-state index is 0.654. The Morgan fingerprint density at radius 1 is 1.11 bits per heavy atom. The number of halogens is 2. The molecule has 1 nitrogen and oxygen atoms in total. The highest BCUT2D eigenvalue weighted by Crippen LogP contribution is 2.49. The summed E-state index contributed by atoms with van der Waals surface area (Å²) < 4.78 is 1.23. The van der Waals surface area contributed by atoms with E-state index < -0.39 is 0 Å². The Morgan fingerprint density at radius 3 is 2.42 bits per heavy atom. The van der Waals surface area contributed by atoms with E-state index in [1.165, 1.54) is 60.6 Å². The Bertz CT molecular complexity index is 444. The minimum Gasteiger partial charge on any atom is -0.381 e. The lowest BCUT2D eigenvalue weighted by molar-refractivity contribution is 0.188. The van der Waals surface area contributed by atoms with Gasteiger partial charge >= 0.3 is 0 Å². The molecule has 0 unspecified atom stereocenters. The third-order valence-electron chi connectivity index (χ3n) is 5.00. The summed E-state index contributed by atoms with van der Waals surface area (Å²) in [4.78, 5) is 0. The molecular weight excluding hydrogens is 369 g/mol. The van der Waals surface area contributed by atoms with Crippen molar-refractivity contribution in [3.8, 4) is 0 Å². The lowest BCUT2D eigenvalue weighted by Crippen LogP contribution is -2.31. The van der Waals surface area contributed by atoms with Gasteiger partial charge in [0.15, 0.2) is 0 Å². The van der Waals surface area contributed by atoms with Gasteiger partial charge in [-0.3, -0.25) is 0 Å². The summed E-state index contributed by atoms with van der Waals surface area (Å²) in [6.07, 6.45) is 11.4. The predicted molar refractivity (Wildman–Crippen MR) is 90.9 cm³/mol. The lowest BCUT2D eigenvalue weighted by Gasteiger charge is -2.38. The molecule has 0 amide bonds. The fraction of sp³-hybridized carbons (Fsp3) is 0.625. The van der Waals surface area contributed by atoms with Gasteiger partial charge in [-0.1, -0.05) is 24.4 Å². The zero-order valence-electron chi connectivity index (χ0n) is 11.2. The van der Waals surface area contributed by atoms with E-state index in [0.29, 0.717) is 6.04 Å². The van der Waals surface area contributed by atoms with Crippen molar-refractivity contribution in [2.24, 2.45) is 5.41 Å². The molecule has 1 aromatic carbocycles. The van der Waals surface area contributed by atoms with Crippen molar-refractivity contribution >= 4 is 39.9 Å². The maximum absolute atomic E-state index is 6.01. The Balaban J connectivity index is 1.60. The molecule has 0 heterocycles. The van der Waals surface area contributed by atoms with E-state index in [0.717, 1.165) is 10.4 Å². The van der Waals surface area contributed by atoms with Gasteiger partial charge in [0.05, 0.1) is 0 Å². The van der Waals surface area contributed by atoms with Crippen LogP contribution in [-0.4, -0.2) is 6.04 Å². The van der Waals surface area contributed by atoms with Crippen LogP contribution >= 0.6 is 34.2 Å². The fourth-order valence-corrected chi connectivity index (χ4v) is 4.85. The van der Waals surface area contributed by atoms with Crippen LogP contribution in [0, 0.1) is 8.99 Å². The van der Waals surface area contributed by atoms with Crippen molar-refractivity contribution in [3.63, 3.8) is 0 Å². The van der Waals surface area contributed by atoms with E-state index in [1.54, 1.807) is 0 Å². The van der Waals surface area contributed by atoms with Crippen LogP contribution in [0.25, 0.3) is 0 Å². The number of benzene rings is 1. The standard InChI is InChI=1S/C16H21ClIN/c17-12-3-4-15(14(18)11-12)19-13-5-9-16(10-6-13)7-1-2-8-16/h3-4,11,13,19H,1-2,5-10H2. The van der Waals surface area contributed by atoms with Crippen molar-refractivity contribution in [2.75, 3.05) is 5.32 Å². The smallest absolute Gasteiger partial charge is 0.0479 e. The van der Waals surface area contributed by atoms with Crippen LogP contribution < -0.4 is 5.32 Å². The quantitative estimate of drug-likeness (QED) is 0.625. The summed E-state index contributed by atoms with van der Waals surface area (Å²) in [5.41, 5.74) is 1.98. The molecule has 2 aliphatic carbocycles. The Kier molecular flexibility index (Phi) is 4.28. The van der Waals surface area contributed by atoms with Gasteiger partial charge in [0.2, 0.25) is 0 Å². The van der Waals surface area contributed by atoms with E-state index in [-0.39, 0.29) is 0 Å². The fourth-order valence-electron chi connectivity index (χ4n) is 3.83. The van der Waals surface area contributed by atoms with E-state index in [4.69, 9.17) is 11.6 Å². The average Bonchev–Trinajstić information content (AvgIpc) is 2.84. The molecule has 1 N–H and O–H groups in total. The maximum atomic E-state index is 6.01. The van der Waals surface area contributed by atoms with Crippen LogP contribution in [-0.2, 0) is 0 Å². The first-order valence-corrected chi connectivity index (χ1v) is 8.84. The van der Waals surface area contributed by atoms with Gasteiger partial charge < -0.3 is 5.32 Å². The van der Waals surface area contributed by atoms with Gasteiger partial charge in [-0.05, 0) is 84.7 Å². The van der Waals surface area contributed by atoms with Crippen LogP contribution in [0.15, 0.2) is 18.2 Å². The molecule has 1 spiro atoms. The molecule has 104 valence electrons. The topological polar surface area (TPSA) is 12.0 Å². The number of hydrogen-bond donors (Lipinski definition) is 1. The third kappa shape index (κ3) is 3.21. The summed E-state index contributed by atoms with van der Waals surface area (Å²) in [6, 6.07) is 6.78. The van der Waals surface area contributed by atoms with Crippen LogP contribution in [0.1, 0.15) is 51.4 Å². The summed E-state index contributed by atoms with van der Waals surface area (Å²) in [5, 5.41) is 4.54. The van der Waals surface area contributed by atoms with Crippen molar-refractivity contribution in [2.45, 2.75) is 57.4 Å². The molecule has 0 radical (unpaired) electrons. The lowest BCUT2D eigenvalue weighted by atomic mass is 9.71. The first-order valence-electron chi connectivity index (χ1n) is 7.39. The van der Waals surface area contributed by atoms with Gasteiger partial charge in [0.1, 0.15) is 0 Å². The summed E-state index contributed by atoms with van der Waals surface area (Å²) >= 11 is 8.38. The number of hydrogen-bond acceptors (Lipinski definition) is 1. The van der Waals surface area contributed by atoms with Gasteiger partial charge in [-0.25, -0.2) is 0 Å². The summed E-state index contributed by atoms with van der Waals surface area (Å²) in [6.45, 7) is 0.